The maximum atomic E-state index is 12.0. The Morgan fingerprint density at radius 2 is 1.97 bits per heavy atom. The second kappa shape index (κ2) is 14.6. The van der Waals surface area contributed by atoms with Crippen LogP contribution < -0.4 is 5.32 Å². The number of likely N-dealkylation sites (N-methyl/N-ethyl adjacent to an activating group) is 1. The predicted molar refractivity (Wildman–Crippen MR) is 134 cm³/mol. The summed E-state index contributed by atoms with van der Waals surface area (Å²) in [5.74, 6) is 0.837. The SMILES string of the molecule is CCOCCCNC(=NCC(=O)N(C)C)N1CCN(Cc2cccc(C)c2)CC1.I. The lowest BCUT2D eigenvalue weighted by Crippen LogP contribution is -2.52. The third-order valence-electron chi connectivity index (χ3n) is 4.98. The Morgan fingerprint density at radius 1 is 1.23 bits per heavy atom. The van der Waals surface area contributed by atoms with E-state index in [-0.39, 0.29) is 36.4 Å². The van der Waals surface area contributed by atoms with Crippen molar-refractivity contribution in [3.8, 4) is 0 Å². The number of halogens is 1. The third kappa shape index (κ3) is 9.61. The highest BCUT2D eigenvalue weighted by Crippen LogP contribution is 2.10. The maximum absolute atomic E-state index is 12.0. The largest absolute Gasteiger partial charge is 0.382 e. The van der Waals surface area contributed by atoms with E-state index < -0.39 is 0 Å². The third-order valence-corrected chi connectivity index (χ3v) is 4.98. The second-order valence-corrected chi connectivity index (χ2v) is 7.66. The number of benzene rings is 1. The molecule has 30 heavy (non-hydrogen) atoms. The minimum Gasteiger partial charge on any atom is -0.382 e. The molecule has 1 amide bonds. The lowest BCUT2D eigenvalue weighted by molar-refractivity contribution is -0.127. The average Bonchev–Trinajstić information content (AvgIpc) is 2.70. The summed E-state index contributed by atoms with van der Waals surface area (Å²) in [6.45, 7) is 11.3. The van der Waals surface area contributed by atoms with Crippen molar-refractivity contribution in [1.29, 1.82) is 0 Å². The van der Waals surface area contributed by atoms with Crippen molar-refractivity contribution >= 4 is 35.8 Å². The van der Waals surface area contributed by atoms with Crippen LogP contribution in [0, 0.1) is 6.92 Å². The number of aryl methyl sites for hydroxylation is 1. The molecule has 8 heteroatoms. The van der Waals surface area contributed by atoms with Crippen molar-refractivity contribution in [1.82, 2.24) is 20.0 Å². The Hall–Kier alpha value is -1.39. The van der Waals surface area contributed by atoms with Gasteiger partial charge in [0.05, 0.1) is 0 Å². The van der Waals surface area contributed by atoms with Crippen molar-refractivity contribution in [2.45, 2.75) is 26.8 Å². The number of carbonyl (C=O) groups is 1. The topological polar surface area (TPSA) is 60.4 Å². The average molecular weight is 531 g/mol. The highest BCUT2D eigenvalue weighted by Gasteiger charge is 2.20. The van der Waals surface area contributed by atoms with Crippen LogP contribution in [0.5, 0.6) is 0 Å². The van der Waals surface area contributed by atoms with Crippen LogP contribution >= 0.6 is 24.0 Å². The molecule has 0 saturated carbocycles. The van der Waals surface area contributed by atoms with E-state index >= 15 is 0 Å². The molecule has 2 rings (SSSR count). The molecular weight excluding hydrogens is 493 g/mol. The van der Waals surface area contributed by atoms with E-state index in [2.05, 4.69) is 51.3 Å². The smallest absolute Gasteiger partial charge is 0.243 e. The number of hydrogen-bond donors (Lipinski definition) is 1. The predicted octanol–water partition coefficient (Wildman–Crippen LogP) is 2.19. The summed E-state index contributed by atoms with van der Waals surface area (Å²) in [4.78, 5) is 22.9. The van der Waals surface area contributed by atoms with Gasteiger partial charge in [-0.2, -0.15) is 0 Å². The van der Waals surface area contributed by atoms with E-state index in [1.807, 2.05) is 6.92 Å². The van der Waals surface area contributed by atoms with E-state index in [1.54, 1.807) is 19.0 Å². The zero-order chi connectivity index (χ0) is 21.1. The molecule has 1 aromatic carbocycles. The Morgan fingerprint density at radius 3 is 2.60 bits per heavy atom. The molecule has 0 unspecified atom stereocenters. The van der Waals surface area contributed by atoms with Crippen molar-refractivity contribution < 1.29 is 9.53 Å². The van der Waals surface area contributed by atoms with Gasteiger partial charge in [-0.15, -0.1) is 24.0 Å². The number of nitrogens with one attached hydrogen (secondary N) is 1. The maximum Gasteiger partial charge on any atom is 0.243 e. The molecule has 0 aromatic heterocycles. The summed E-state index contributed by atoms with van der Waals surface area (Å²) in [5.41, 5.74) is 2.66. The lowest BCUT2D eigenvalue weighted by Gasteiger charge is -2.36. The van der Waals surface area contributed by atoms with Crippen LogP contribution in [0.4, 0.5) is 0 Å². The fraction of sp³-hybridized carbons (Fsp3) is 0.636. The minimum atomic E-state index is 0. The summed E-state index contributed by atoms with van der Waals surface area (Å²) >= 11 is 0. The van der Waals surface area contributed by atoms with Crippen molar-refractivity contribution in [2.24, 2.45) is 4.99 Å². The first-order valence-electron chi connectivity index (χ1n) is 10.6. The monoisotopic (exact) mass is 531 g/mol. The van der Waals surface area contributed by atoms with Crippen molar-refractivity contribution in [2.75, 3.05) is 66.6 Å². The van der Waals surface area contributed by atoms with E-state index in [0.29, 0.717) is 0 Å². The fourth-order valence-electron chi connectivity index (χ4n) is 3.26. The Labute approximate surface area is 198 Å². The van der Waals surface area contributed by atoms with E-state index in [4.69, 9.17) is 4.74 Å². The summed E-state index contributed by atoms with van der Waals surface area (Å²) in [5, 5.41) is 3.42. The number of nitrogens with zero attached hydrogens (tertiary/aromatic N) is 4. The summed E-state index contributed by atoms with van der Waals surface area (Å²) < 4.78 is 5.41. The van der Waals surface area contributed by atoms with Gasteiger partial charge in [0.1, 0.15) is 6.54 Å². The standard InChI is InChI=1S/C22H37N5O2.HI/c1-5-29-15-7-10-23-22(24-17-21(28)25(3)4)27-13-11-26(12-14-27)18-20-9-6-8-19(2)16-20;/h6,8-9,16H,5,7,10-15,17-18H2,1-4H3,(H,23,24);1H. The van der Waals surface area contributed by atoms with Gasteiger partial charge in [-0.25, -0.2) is 4.99 Å². The molecule has 0 spiro atoms. The molecule has 1 aliphatic heterocycles. The molecule has 1 saturated heterocycles. The zero-order valence-electron chi connectivity index (χ0n) is 18.9. The number of hydrogen-bond acceptors (Lipinski definition) is 4. The minimum absolute atomic E-state index is 0. The summed E-state index contributed by atoms with van der Waals surface area (Å²) in [6, 6.07) is 8.71. The van der Waals surface area contributed by atoms with Gasteiger partial charge in [-0.05, 0) is 25.8 Å². The Balaban J connectivity index is 0.00000450. The van der Waals surface area contributed by atoms with Gasteiger partial charge < -0.3 is 19.9 Å². The summed E-state index contributed by atoms with van der Waals surface area (Å²) in [6.07, 6.45) is 0.918. The van der Waals surface area contributed by atoms with Gasteiger partial charge in [-0.3, -0.25) is 9.69 Å². The highest BCUT2D eigenvalue weighted by molar-refractivity contribution is 14.0. The first-order chi connectivity index (χ1) is 14.0. The molecule has 1 aliphatic rings. The van der Waals surface area contributed by atoms with Crippen molar-refractivity contribution in [3.63, 3.8) is 0 Å². The first-order valence-corrected chi connectivity index (χ1v) is 10.6. The van der Waals surface area contributed by atoms with Crippen LogP contribution in [-0.4, -0.2) is 93.1 Å². The molecular formula is C22H38IN5O2. The molecule has 1 fully saturated rings. The molecule has 0 aliphatic carbocycles. The van der Waals surface area contributed by atoms with E-state index in [1.165, 1.54) is 11.1 Å². The van der Waals surface area contributed by atoms with Gasteiger partial charge in [0.2, 0.25) is 5.91 Å². The second-order valence-electron chi connectivity index (χ2n) is 7.66. The van der Waals surface area contributed by atoms with Crippen LogP contribution in [0.3, 0.4) is 0 Å². The van der Waals surface area contributed by atoms with Crippen LogP contribution in [-0.2, 0) is 16.1 Å². The van der Waals surface area contributed by atoms with Gasteiger partial charge in [-0.1, -0.05) is 29.8 Å². The van der Waals surface area contributed by atoms with Gasteiger partial charge >= 0.3 is 0 Å². The molecule has 0 radical (unpaired) electrons. The Kier molecular flexibility index (Phi) is 13.0. The van der Waals surface area contributed by atoms with E-state index in [0.717, 1.165) is 64.9 Å². The molecule has 0 atom stereocenters. The lowest BCUT2D eigenvalue weighted by atomic mass is 10.1. The zero-order valence-corrected chi connectivity index (χ0v) is 21.2. The summed E-state index contributed by atoms with van der Waals surface area (Å²) in [7, 11) is 3.52. The normalized spacial score (nSPS) is 14.9. The number of ether oxygens (including phenoxy) is 1. The van der Waals surface area contributed by atoms with Crippen LogP contribution in [0.25, 0.3) is 0 Å². The molecule has 0 bridgehead atoms. The number of piperazine rings is 1. The van der Waals surface area contributed by atoms with Crippen LogP contribution in [0.15, 0.2) is 29.3 Å². The number of amides is 1. The molecule has 1 N–H and O–H groups in total. The van der Waals surface area contributed by atoms with Gasteiger partial charge in [0.25, 0.3) is 0 Å². The van der Waals surface area contributed by atoms with Gasteiger partial charge in [0.15, 0.2) is 5.96 Å². The first kappa shape index (κ1) is 26.6. The van der Waals surface area contributed by atoms with Gasteiger partial charge in [0, 0.05) is 66.6 Å². The quantitative estimate of drug-likeness (QED) is 0.229. The van der Waals surface area contributed by atoms with E-state index in [9.17, 15) is 4.79 Å². The molecule has 1 heterocycles. The molecule has 1 aromatic rings. The molecule has 170 valence electrons. The number of aliphatic imine (C=N–C) groups is 1. The number of carbonyl (C=O) groups excluding carboxylic acids is 1. The fourth-order valence-corrected chi connectivity index (χ4v) is 3.26. The van der Waals surface area contributed by atoms with Crippen LogP contribution in [0.2, 0.25) is 0 Å². The highest BCUT2D eigenvalue weighted by atomic mass is 127. The van der Waals surface area contributed by atoms with Crippen molar-refractivity contribution in [3.05, 3.63) is 35.4 Å². The molecule has 7 nitrogen and oxygen atoms in total. The van der Waals surface area contributed by atoms with Crippen LogP contribution in [0.1, 0.15) is 24.5 Å². The number of guanidine groups is 1. The Bertz CT molecular complexity index is 661. The number of rotatable bonds is 9.